The molecule has 3 aromatic heterocycles. The van der Waals surface area contributed by atoms with Gasteiger partial charge in [0.15, 0.2) is 0 Å². The van der Waals surface area contributed by atoms with E-state index in [9.17, 15) is 4.57 Å². The number of morpholine rings is 1. The number of hydrogen-bond acceptors (Lipinski definition) is 11. The predicted molar refractivity (Wildman–Crippen MR) is 212 cm³/mol. The van der Waals surface area contributed by atoms with Crippen LogP contribution >= 0.6 is 23.1 Å². The third-order valence-corrected chi connectivity index (χ3v) is 12.4. The monoisotopic (exact) mass is 785 g/mol. The van der Waals surface area contributed by atoms with Crippen molar-refractivity contribution in [2.75, 3.05) is 68.8 Å². The molecule has 12 nitrogen and oxygen atoms in total. The van der Waals surface area contributed by atoms with Crippen LogP contribution in [0.1, 0.15) is 43.7 Å². The van der Waals surface area contributed by atoms with Crippen molar-refractivity contribution >= 4 is 68.1 Å². The summed E-state index contributed by atoms with van der Waals surface area (Å²) in [6.45, 7) is 7.90. The summed E-state index contributed by atoms with van der Waals surface area (Å²) in [4.78, 5) is 19.5. The summed E-state index contributed by atoms with van der Waals surface area (Å²) in [6.07, 6.45) is 11.7. The fraction of sp³-hybridized carbons (Fsp3) is 0.421. The maximum absolute atomic E-state index is 13.8. The Labute approximate surface area is 312 Å². The molecule has 2 saturated heterocycles. The summed E-state index contributed by atoms with van der Waals surface area (Å²) in [5.74, 6) is 2.14. The van der Waals surface area contributed by atoms with Crippen LogP contribution < -0.4 is 25.6 Å². The van der Waals surface area contributed by atoms with E-state index in [2.05, 4.69) is 70.7 Å². The molecule has 0 spiro atoms. The van der Waals surface area contributed by atoms with Gasteiger partial charge in [-0.15, -0.1) is 0 Å². The zero-order chi connectivity index (χ0) is 36.0. The maximum Gasteiger partial charge on any atom is 0.229 e. The number of pyridine rings is 1. The maximum atomic E-state index is 13.8. The fourth-order valence-corrected chi connectivity index (χ4v) is 9.34. The van der Waals surface area contributed by atoms with Gasteiger partial charge >= 0.3 is 0 Å². The largest absolute Gasteiger partial charge is 0.494 e. The van der Waals surface area contributed by atoms with Crippen LogP contribution in [0.2, 0.25) is 0 Å². The van der Waals surface area contributed by atoms with E-state index in [-0.39, 0.29) is 6.17 Å². The minimum absolute atomic E-state index is 0.276. The molecule has 1 aliphatic carbocycles. The lowest BCUT2D eigenvalue weighted by molar-refractivity contribution is 0.0108. The van der Waals surface area contributed by atoms with Crippen molar-refractivity contribution in [2.24, 2.45) is 7.05 Å². The summed E-state index contributed by atoms with van der Waals surface area (Å²) in [5, 5.41) is 13.1. The average Bonchev–Trinajstić information content (AvgIpc) is 3.91. The molecular weight excluding hydrogens is 741 g/mol. The fourth-order valence-electron chi connectivity index (χ4n) is 7.57. The molecule has 3 fully saturated rings. The van der Waals surface area contributed by atoms with Gasteiger partial charge in [0, 0.05) is 84.3 Å². The number of rotatable bonds is 10. The van der Waals surface area contributed by atoms with E-state index in [0.717, 1.165) is 95.8 Å². The number of nitrogens with one attached hydrogen (secondary N) is 2. The van der Waals surface area contributed by atoms with Crippen LogP contribution in [0.3, 0.4) is 0 Å². The number of fused-ring (bicyclic) bond motifs is 1. The van der Waals surface area contributed by atoms with Gasteiger partial charge < -0.3 is 29.6 Å². The van der Waals surface area contributed by atoms with Crippen molar-refractivity contribution in [2.45, 2.75) is 44.2 Å². The number of hydrogen-bond donors (Lipinski definition) is 2. The number of aryl methyl sites for hydroxylation is 1. The first-order valence-corrected chi connectivity index (χ1v) is 21.4. The van der Waals surface area contributed by atoms with E-state index >= 15 is 0 Å². The van der Waals surface area contributed by atoms with E-state index in [1.54, 1.807) is 26.6 Å². The number of aromatic nitrogens is 5. The first-order valence-electron chi connectivity index (χ1n) is 18.0. The first-order chi connectivity index (χ1) is 25.2. The van der Waals surface area contributed by atoms with Gasteiger partial charge in [-0.3, -0.25) is 14.6 Å². The molecule has 1 unspecified atom stereocenters. The van der Waals surface area contributed by atoms with Crippen LogP contribution in [0, 0.1) is 0 Å². The van der Waals surface area contributed by atoms with E-state index in [4.69, 9.17) is 19.4 Å². The molecule has 272 valence electrons. The molecule has 1 atom stereocenters. The Balaban J connectivity index is 1.14. The second-order valence-corrected chi connectivity index (χ2v) is 18.3. The molecule has 2 aliphatic heterocycles. The number of halogens is 1. The molecule has 0 radical (unpaired) electrons. The van der Waals surface area contributed by atoms with Crippen molar-refractivity contribution in [3.63, 3.8) is 0 Å². The van der Waals surface area contributed by atoms with Gasteiger partial charge in [-0.05, 0) is 85.6 Å². The van der Waals surface area contributed by atoms with Gasteiger partial charge in [-0.1, -0.05) is 6.07 Å². The number of nitrogens with zero attached hydrogens (tertiary/aromatic N) is 7. The zero-order valence-electron chi connectivity index (χ0n) is 30.1. The summed E-state index contributed by atoms with van der Waals surface area (Å²) < 4.78 is 28.0. The van der Waals surface area contributed by atoms with E-state index in [1.165, 1.54) is 19.3 Å². The van der Waals surface area contributed by atoms with Gasteiger partial charge in [-0.25, -0.2) is 4.98 Å². The topological polar surface area (TPSA) is 123 Å². The van der Waals surface area contributed by atoms with Gasteiger partial charge in [0.1, 0.15) is 18.7 Å². The van der Waals surface area contributed by atoms with Crippen LogP contribution in [0.5, 0.6) is 5.75 Å². The quantitative estimate of drug-likeness (QED) is 0.137. The molecule has 8 rings (SSSR count). The highest BCUT2D eigenvalue weighted by Gasteiger charge is 2.32. The minimum atomic E-state index is -2.73. The van der Waals surface area contributed by atoms with Crippen LogP contribution in [-0.2, 0) is 16.3 Å². The van der Waals surface area contributed by atoms with E-state index in [1.807, 2.05) is 36.3 Å². The van der Waals surface area contributed by atoms with Crippen molar-refractivity contribution in [3.8, 4) is 16.9 Å². The lowest BCUT2D eigenvalue weighted by Crippen LogP contribution is -2.54. The highest BCUT2D eigenvalue weighted by atomic mass is 79.9. The summed E-state index contributed by atoms with van der Waals surface area (Å²) in [6, 6.07) is 12.3. The Morgan fingerprint density at radius 1 is 0.962 bits per heavy atom. The first kappa shape index (κ1) is 35.0. The molecule has 5 aromatic rings. The van der Waals surface area contributed by atoms with Gasteiger partial charge in [0.25, 0.3) is 0 Å². The zero-order valence-corrected chi connectivity index (χ0v) is 32.6. The number of piperidine rings is 1. The number of ether oxygens (including phenoxy) is 2. The van der Waals surface area contributed by atoms with Crippen LogP contribution in [-0.4, -0.2) is 89.1 Å². The Morgan fingerprint density at radius 2 is 1.79 bits per heavy atom. The second kappa shape index (κ2) is 14.4. The lowest BCUT2D eigenvalue weighted by Gasteiger charge is -2.46. The number of anilines is 5. The van der Waals surface area contributed by atoms with Gasteiger partial charge in [0.05, 0.1) is 54.1 Å². The van der Waals surface area contributed by atoms with Crippen LogP contribution in [0.25, 0.3) is 22.0 Å². The highest BCUT2D eigenvalue weighted by molar-refractivity contribution is 9.10. The van der Waals surface area contributed by atoms with E-state index in [0.29, 0.717) is 27.9 Å². The Hall–Kier alpha value is -4.03. The summed E-state index contributed by atoms with van der Waals surface area (Å²) >= 11 is 3.65. The standard InChI is InChI=1S/C38H45BrN9O3P/c1-46-23-25(21-41-46)27-19-32(34(50-2)20-33(27)48-14-6-5-7-35(48)47-15-17-51-18-16-47)44-38-40-22-28(39)37(45-38)43-31-13-12-30-26(36(31)52(3,4)49)10-11-29(42-30)24-8-9-24/h10-13,19-24,35H,5-9,14-18H2,1-4H3,(H2,40,43,44,45). The highest BCUT2D eigenvalue weighted by Crippen LogP contribution is 2.45. The normalized spacial score (nSPS) is 18.5. The number of methoxy groups -OCH3 is 1. The van der Waals surface area contributed by atoms with Crippen molar-refractivity contribution in [3.05, 3.63) is 65.2 Å². The smallest absolute Gasteiger partial charge is 0.229 e. The molecule has 52 heavy (non-hydrogen) atoms. The molecule has 1 saturated carbocycles. The Morgan fingerprint density at radius 3 is 2.52 bits per heavy atom. The number of benzene rings is 2. The average molecular weight is 787 g/mol. The Bertz CT molecular complexity index is 2160. The molecule has 2 N–H and O–H groups in total. The predicted octanol–water partition coefficient (Wildman–Crippen LogP) is 7.46. The van der Waals surface area contributed by atoms with Crippen molar-refractivity contribution in [1.82, 2.24) is 29.6 Å². The molecule has 0 amide bonds. The lowest BCUT2D eigenvalue weighted by atomic mass is 9.99. The SMILES string of the molecule is COc1cc(N2CCCCC2N2CCOCC2)c(-c2cnn(C)c2)cc1Nc1ncc(Br)c(Nc2ccc3nc(C4CC4)ccc3c2P(C)(C)=O)n1. The molecular formula is C38H45BrN9O3P. The van der Waals surface area contributed by atoms with Gasteiger partial charge in [-0.2, -0.15) is 10.1 Å². The molecule has 2 aromatic carbocycles. The van der Waals surface area contributed by atoms with Crippen molar-refractivity contribution < 1.29 is 14.0 Å². The second-order valence-electron chi connectivity index (χ2n) is 14.3. The van der Waals surface area contributed by atoms with E-state index < -0.39 is 7.14 Å². The van der Waals surface area contributed by atoms with Crippen LogP contribution in [0.15, 0.2) is 59.5 Å². The summed E-state index contributed by atoms with van der Waals surface area (Å²) in [7, 11) is 0.897. The summed E-state index contributed by atoms with van der Waals surface area (Å²) in [5.41, 5.74) is 6.60. The third-order valence-electron chi connectivity index (χ3n) is 10.2. The molecule has 14 heteroatoms. The van der Waals surface area contributed by atoms with Gasteiger partial charge in [0.2, 0.25) is 5.95 Å². The molecule has 5 heterocycles. The van der Waals surface area contributed by atoms with Crippen molar-refractivity contribution in [1.29, 1.82) is 0 Å². The molecule has 3 aliphatic rings. The van der Waals surface area contributed by atoms with Crippen LogP contribution in [0.4, 0.5) is 28.8 Å². The molecule has 0 bridgehead atoms. The third kappa shape index (κ3) is 7.16. The minimum Gasteiger partial charge on any atom is -0.494 e. The Kier molecular flexibility index (Phi) is 9.71.